The van der Waals surface area contributed by atoms with Crippen LogP contribution in [0, 0.1) is 5.82 Å². The molecular weight excluding hydrogens is 217 g/mol. The number of nitrogens with zero attached hydrogens (tertiary/aromatic N) is 2. The zero-order valence-corrected chi connectivity index (χ0v) is 9.60. The molecule has 0 aliphatic carbocycles. The molecule has 0 aliphatic rings. The van der Waals surface area contributed by atoms with Crippen molar-refractivity contribution >= 4 is 11.4 Å². The molecule has 1 aromatic heterocycles. The van der Waals surface area contributed by atoms with Crippen molar-refractivity contribution in [3.63, 3.8) is 0 Å². The fraction of sp³-hybridized carbons (Fsp3) is 0.154. The van der Waals surface area contributed by atoms with Gasteiger partial charge in [-0.05, 0) is 35.9 Å². The maximum absolute atomic E-state index is 13.2. The largest absolute Gasteiger partial charge is 0.397 e. The number of pyridine rings is 1. The van der Waals surface area contributed by atoms with Crippen molar-refractivity contribution in [2.75, 3.05) is 17.7 Å². The third kappa shape index (κ3) is 2.72. The Labute approximate surface area is 99.7 Å². The number of hydrogen-bond donors (Lipinski definition) is 1. The maximum atomic E-state index is 13.2. The summed E-state index contributed by atoms with van der Waals surface area (Å²) in [5.74, 6) is -0.282. The van der Waals surface area contributed by atoms with E-state index in [1.165, 1.54) is 12.1 Å². The van der Waals surface area contributed by atoms with Gasteiger partial charge in [-0.2, -0.15) is 0 Å². The number of nitrogens with two attached hydrogens (primary N) is 1. The molecule has 1 aromatic carbocycles. The molecule has 0 atom stereocenters. The van der Waals surface area contributed by atoms with Crippen LogP contribution in [0.4, 0.5) is 15.8 Å². The van der Waals surface area contributed by atoms with Crippen LogP contribution in [-0.2, 0) is 6.54 Å². The van der Waals surface area contributed by atoms with E-state index in [1.54, 1.807) is 18.5 Å². The second-order valence-corrected chi connectivity index (χ2v) is 3.91. The SMILES string of the molecule is CN(Cc1ccncc1)c1cc(F)ccc1N. The van der Waals surface area contributed by atoms with Gasteiger partial charge in [0.2, 0.25) is 0 Å². The molecule has 0 saturated carbocycles. The minimum Gasteiger partial charge on any atom is -0.397 e. The summed E-state index contributed by atoms with van der Waals surface area (Å²) in [6.45, 7) is 0.663. The first-order valence-corrected chi connectivity index (χ1v) is 5.32. The first-order valence-electron chi connectivity index (χ1n) is 5.32. The average molecular weight is 231 g/mol. The molecule has 0 bridgehead atoms. The summed E-state index contributed by atoms with van der Waals surface area (Å²) in [7, 11) is 1.88. The Morgan fingerprint density at radius 1 is 1.24 bits per heavy atom. The zero-order valence-electron chi connectivity index (χ0n) is 9.60. The van der Waals surface area contributed by atoms with Crippen LogP contribution >= 0.6 is 0 Å². The molecule has 3 nitrogen and oxygen atoms in total. The summed E-state index contributed by atoms with van der Waals surface area (Å²) >= 11 is 0. The summed E-state index contributed by atoms with van der Waals surface area (Å²) in [6, 6.07) is 8.22. The van der Waals surface area contributed by atoms with Gasteiger partial charge < -0.3 is 10.6 Å². The van der Waals surface area contributed by atoms with Crippen molar-refractivity contribution in [3.8, 4) is 0 Å². The van der Waals surface area contributed by atoms with Crippen molar-refractivity contribution < 1.29 is 4.39 Å². The first kappa shape index (κ1) is 11.4. The molecule has 0 fully saturated rings. The lowest BCUT2D eigenvalue weighted by atomic mass is 10.2. The van der Waals surface area contributed by atoms with Crippen LogP contribution in [0.2, 0.25) is 0 Å². The second-order valence-electron chi connectivity index (χ2n) is 3.91. The number of halogens is 1. The minimum absolute atomic E-state index is 0.282. The van der Waals surface area contributed by atoms with E-state index >= 15 is 0 Å². The third-order valence-corrected chi connectivity index (χ3v) is 2.57. The zero-order chi connectivity index (χ0) is 12.3. The second kappa shape index (κ2) is 4.82. The lowest BCUT2D eigenvalue weighted by Gasteiger charge is -2.21. The highest BCUT2D eigenvalue weighted by atomic mass is 19.1. The fourth-order valence-electron chi connectivity index (χ4n) is 1.69. The highest BCUT2D eigenvalue weighted by Crippen LogP contribution is 2.24. The van der Waals surface area contributed by atoms with E-state index in [4.69, 9.17) is 5.73 Å². The van der Waals surface area contributed by atoms with Crippen LogP contribution in [0.1, 0.15) is 5.56 Å². The van der Waals surface area contributed by atoms with Gasteiger partial charge in [0.1, 0.15) is 5.82 Å². The summed E-state index contributed by atoms with van der Waals surface area (Å²) in [6.07, 6.45) is 3.47. The summed E-state index contributed by atoms with van der Waals surface area (Å²) in [4.78, 5) is 5.86. The Kier molecular flexibility index (Phi) is 3.23. The van der Waals surface area contributed by atoms with Gasteiger partial charge in [0, 0.05) is 26.0 Å². The van der Waals surface area contributed by atoms with E-state index in [1.807, 2.05) is 24.1 Å². The van der Waals surface area contributed by atoms with Crippen molar-refractivity contribution in [1.82, 2.24) is 4.98 Å². The fourth-order valence-corrected chi connectivity index (χ4v) is 1.69. The van der Waals surface area contributed by atoms with Crippen LogP contribution in [-0.4, -0.2) is 12.0 Å². The van der Waals surface area contributed by atoms with Crippen LogP contribution in [0.5, 0.6) is 0 Å². The van der Waals surface area contributed by atoms with Crippen molar-refractivity contribution in [2.45, 2.75) is 6.54 Å². The topological polar surface area (TPSA) is 42.2 Å². The van der Waals surface area contributed by atoms with Gasteiger partial charge in [-0.3, -0.25) is 4.98 Å². The number of nitrogen functional groups attached to an aromatic ring is 1. The monoisotopic (exact) mass is 231 g/mol. The number of benzene rings is 1. The molecule has 2 rings (SSSR count). The van der Waals surface area contributed by atoms with Gasteiger partial charge in [0.05, 0.1) is 11.4 Å². The van der Waals surface area contributed by atoms with Gasteiger partial charge in [-0.15, -0.1) is 0 Å². The number of hydrogen-bond acceptors (Lipinski definition) is 3. The molecule has 0 aliphatic heterocycles. The predicted molar refractivity (Wildman–Crippen MR) is 67.2 cm³/mol. The van der Waals surface area contributed by atoms with Gasteiger partial charge in [-0.25, -0.2) is 4.39 Å². The third-order valence-electron chi connectivity index (χ3n) is 2.57. The highest BCUT2D eigenvalue weighted by molar-refractivity contribution is 5.67. The molecule has 1 heterocycles. The molecule has 2 N–H and O–H groups in total. The lowest BCUT2D eigenvalue weighted by Crippen LogP contribution is -2.18. The molecule has 0 unspecified atom stereocenters. The Hall–Kier alpha value is -2.10. The van der Waals surface area contributed by atoms with E-state index in [0.717, 1.165) is 5.56 Å². The van der Waals surface area contributed by atoms with Gasteiger partial charge in [0.25, 0.3) is 0 Å². The molecule has 0 amide bonds. The molecule has 0 radical (unpaired) electrons. The van der Waals surface area contributed by atoms with Crippen molar-refractivity contribution in [3.05, 3.63) is 54.1 Å². The lowest BCUT2D eigenvalue weighted by molar-refractivity contribution is 0.627. The maximum Gasteiger partial charge on any atom is 0.125 e. The van der Waals surface area contributed by atoms with Crippen LogP contribution in [0.25, 0.3) is 0 Å². The van der Waals surface area contributed by atoms with Gasteiger partial charge in [0.15, 0.2) is 0 Å². The Morgan fingerprint density at radius 2 is 1.94 bits per heavy atom. The standard InChI is InChI=1S/C13H14FN3/c1-17(9-10-4-6-16-7-5-10)13-8-11(14)2-3-12(13)15/h2-8H,9,15H2,1H3. The van der Waals surface area contributed by atoms with E-state index in [-0.39, 0.29) is 5.82 Å². The summed E-state index contributed by atoms with van der Waals surface area (Å²) < 4.78 is 13.2. The normalized spacial score (nSPS) is 10.2. The summed E-state index contributed by atoms with van der Waals surface area (Å²) in [5.41, 5.74) is 8.19. The van der Waals surface area contributed by atoms with Crippen molar-refractivity contribution in [1.29, 1.82) is 0 Å². The molecule has 0 spiro atoms. The molecule has 2 aromatic rings. The molecule has 17 heavy (non-hydrogen) atoms. The molecule has 0 saturated heterocycles. The smallest absolute Gasteiger partial charge is 0.125 e. The molecule has 4 heteroatoms. The number of anilines is 2. The minimum atomic E-state index is -0.282. The van der Waals surface area contributed by atoms with Gasteiger partial charge >= 0.3 is 0 Å². The quantitative estimate of drug-likeness (QED) is 0.825. The van der Waals surface area contributed by atoms with E-state index < -0.39 is 0 Å². The van der Waals surface area contributed by atoms with Crippen LogP contribution in [0.3, 0.4) is 0 Å². The Balaban J connectivity index is 2.20. The Morgan fingerprint density at radius 3 is 2.65 bits per heavy atom. The summed E-state index contributed by atoms with van der Waals surface area (Å²) in [5, 5.41) is 0. The molecular formula is C13H14FN3. The molecule has 88 valence electrons. The van der Waals surface area contributed by atoms with Crippen LogP contribution in [0.15, 0.2) is 42.7 Å². The number of rotatable bonds is 3. The highest BCUT2D eigenvalue weighted by Gasteiger charge is 2.07. The van der Waals surface area contributed by atoms with Crippen LogP contribution < -0.4 is 10.6 Å². The Bertz CT molecular complexity index is 499. The van der Waals surface area contributed by atoms with E-state index in [0.29, 0.717) is 17.9 Å². The predicted octanol–water partition coefficient (Wildman–Crippen LogP) is 2.44. The average Bonchev–Trinajstić information content (AvgIpc) is 2.33. The van der Waals surface area contributed by atoms with Gasteiger partial charge in [-0.1, -0.05) is 0 Å². The van der Waals surface area contributed by atoms with E-state index in [2.05, 4.69) is 4.98 Å². The number of aromatic nitrogens is 1. The van der Waals surface area contributed by atoms with E-state index in [9.17, 15) is 4.39 Å². The first-order chi connectivity index (χ1) is 8.16. The van der Waals surface area contributed by atoms with Crippen molar-refractivity contribution in [2.24, 2.45) is 0 Å².